The first-order valence-corrected chi connectivity index (χ1v) is 6.96. The third-order valence-electron chi connectivity index (χ3n) is 1.98. The normalized spacial score (nSPS) is 11.2. The molecular weight excluding hydrogens is 242 g/mol. The maximum absolute atomic E-state index is 10.2. The van der Waals surface area contributed by atoms with Gasteiger partial charge in [-0.1, -0.05) is 45.4 Å². The summed E-state index contributed by atoms with van der Waals surface area (Å²) >= 11 is 0. The van der Waals surface area contributed by atoms with Crippen LogP contribution in [0.15, 0.2) is 0 Å². The predicted molar refractivity (Wildman–Crippen MR) is 58.2 cm³/mol. The van der Waals surface area contributed by atoms with Crippen LogP contribution in [-0.2, 0) is 14.1 Å². The fraction of sp³-hybridized carbons (Fsp3) is 1.00. The molecule has 0 bridgehead atoms. The van der Waals surface area contributed by atoms with E-state index in [9.17, 15) is 4.57 Å². The van der Waals surface area contributed by atoms with Crippen molar-refractivity contribution in [1.29, 1.82) is 0 Å². The van der Waals surface area contributed by atoms with Gasteiger partial charge in [0, 0.05) is 0 Å². The van der Waals surface area contributed by atoms with Crippen molar-refractivity contribution in [3.63, 3.8) is 0 Å². The molecule has 0 fully saturated rings. The smallest absolute Gasteiger partial charge is 1.00 e. The second-order valence-electron chi connectivity index (χ2n) is 3.51. The van der Waals surface area contributed by atoms with E-state index in [0.717, 1.165) is 19.3 Å². The molecule has 0 saturated heterocycles. The third-order valence-corrected chi connectivity index (χ3v) is 2.28. The summed E-state index contributed by atoms with van der Waals surface area (Å²) in [6.45, 7) is 2.41. The molecule has 0 atom stereocenters. The van der Waals surface area contributed by atoms with Crippen molar-refractivity contribution in [2.24, 2.45) is 0 Å². The first-order chi connectivity index (χ1) is 7.06. The average Bonchev–Trinajstić information content (AvgIpc) is 2.14. The van der Waals surface area contributed by atoms with Crippen LogP contribution in [0, 0.1) is 0 Å². The van der Waals surface area contributed by atoms with Gasteiger partial charge in [-0.2, -0.15) is 0 Å². The van der Waals surface area contributed by atoms with Crippen molar-refractivity contribution in [2.75, 3.05) is 6.61 Å². The Bertz CT molecular complexity index is 190. The maximum atomic E-state index is 10.2. The van der Waals surface area contributed by atoms with Crippen molar-refractivity contribution in [3.05, 3.63) is 0 Å². The molecule has 16 heavy (non-hydrogen) atoms. The van der Waals surface area contributed by atoms with E-state index in [2.05, 4.69) is 16.5 Å². The van der Waals surface area contributed by atoms with Crippen molar-refractivity contribution < 1.29 is 54.9 Å². The molecule has 0 aromatic carbocycles. The quantitative estimate of drug-likeness (QED) is 0.189. The molecule has 0 aromatic heterocycles. The van der Waals surface area contributed by atoms with Gasteiger partial charge in [0.2, 0.25) is 0 Å². The van der Waals surface area contributed by atoms with E-state index in [1.807, 2.05) is 0 Å². The summed E-state index contributed by atoms with van der Waals surface area (Å²) in [7, 11) is -4.46. The van der Waals surface area contributed by atoms with Gasteiger partial charge < -0.3 is 11.2 Å². The molecule has 0 heterocycles. The fourth-order valence-electron chi connectivity index (χ4n) is 1.22. The Labute approximate surface area is 121 Å². The largest absolute Gasteiger partial charge is 1.00 e. The van der Waals surface area contributed by atoms with Crippen LogP contribution in [0.3, 0.4) is 0 Å². The Morgan fingerprint density at radius 2 is 1.56 bits per heavy atom. The molecule has 0 aliphatic carbocycles. The van der Waals surface area contributed by atoms with E-state index in [4.69, 9.17) is 9.79 Å². The van der Waals surface area contributed by atoms with Crippen molar-refractivity contribution in [2.45, 2.75) is 51.9 Å². The van der Waals surface area contributed by atoms with Crippen LogP contribution in [0.2, 0.25) is 0 Å². The van der Waals surface area contributed by atoms with Gasteiger partial charge in [0.15, 0.2) is 0 Å². The second-order valence-corrected chi connectivity index (χ2v) is 4.64. The van der Waals surface area contributed by atoms with Crippen LogP contribution >= 0.6 is 7.82 Å². The first kappa shape index (κ1) is 19.4. The topological polar surface area (TPSA) is 76.0 Å². The first-order valence-electron chi connectivity index (χ1n) is 5.43. The summed E-state index contributed by atoms with van der Waals surface area (Å²) < 4.78 is 14.0. The third kappa shape index (κ3) is 17.5. The molecule has 0 spiro atoms. The van der Waals surface area contributed by atoms with Gasteiger partial charge in [-0.25, -0.2) is 9.45 Å². The Balaban J connectivity index is -0.000000980. The number of hydrogen-bond acceptors (Lipinski definition) is 3. The van der Waals surface area contributed by atoms with Crippen LogP contribution in [0.25, 0.3) is 0 Å². The molecule has 0 amide bonds. The van der Waals surface area contributed by atoms with E-state index >= 15 is 0 Å². The summed E-state index contributed by atoms with van der Waals surface area (Å²) in [5.41, 5.74) is 0. The van der Waals surface area contributed by atoms with Gasteiger partial charge in [0.1, 0.15) is 0 Å². The SMILES string of the molecule is CCCCCCCCCOOP(=O)(O)O.[H-].[Na+]. The van der Waals surface area contributed by atoms with Crippen LogP contribution in [0.1, 0.15) is 53.3 Å². The van der Waals surface area contributed by atoms with Gasteiger partial charge in [0.25, 0.3) is 0 Å². The zero-order valence-corrected chi connectivity index (χ0v) is 13.1. The maximum Gasteiger partial charge on any atom is 1.00 e. The van der Waals surface area contributed by atoms with Crippen LogP contribution in [0.5, 0.6) is 0 Å². The minimum atomic E-state index is -4.46. The number of rotatable bonds is 10. The Morgan fingerprint density at radius 1 is 1.06 bits per heavy atom. The van der Waals surface area contributed by atoms with E-state index in [0.29, 0.717) is 0 Å². The number of phosphoric acid groups is 1. The number of unbranched alkanes of at least 4 members (excludes halogenated alkanes) is 6. The molecule has 0 radical (unpaired) electrons. The van der Waals surface area contributed by atoms with Crippen molar-refractivity contribution in [3.8, 4) is 0 Å². The molecule has 0 aliphatic rings. The van der Waals surface area contributed by atoms with Crippen LogP contribution in [0.4, 0.5) is 0 Å². The van der Waals surface area contributed by atoms with Gasteiger partial charge in [-0.15, -0.1) is 4.67 Å². The van der Waals surface area contributed by atoms with Crippen molar-refractivity contribution in [1.82, 2.24) is 0 Å². The van der Waals surface area contributed by atoms with Crippen LogP contribution < -0.4 is 29.6 Å². The summed E-state index contributed by atoms with van der Waals surface area (Å²) in [5.74, 6) is 0. The minimum absolute atomic E-state index is 0. The van der Waals surface area contributed by atoms with E-state index in [1.165, 1.54) is 25.7 Å². The van der Waals surface area contributed by atoms with Gasteiger partial charge in [-0.3, -0.25) is 0 Å². The molecule has 0 aromatic rings. The summed E-state index contributed by atoms with van der Waals surface area (Å²) in [6, 6.07) is 0. The van der Waals surface area contributed by atoms with E-state index < -0.39 is 7.82 Å². The molecule has 0 rings (SSSR count). The van der Waals surface area contributed by atoms with Gasteiger partial charge in [-0.05, 0) is 6.42 Å². The molecule has 5 nitrogen and oxygen atoms in total. The molecular formula is C9H22NaO5P. The zero-order chi connectivity index (χ0) is 11.6. The van der Waals surface area contributed by atoms with Gasteiger partial charge >= 0.3 is 37.4 Å². The minimum Gasteiger partial charge on any atom is -1.00 e. The summed E-state index contributed by atoms with van der Waals surface area (Å²) in [5, 5.41) is 0. The zero-order valence-electron chi connectivity index (χ0n) is 11.2. The van der Waals surface area contributed by atoms with E-state index in [1.54, 1.807) is 0 Å². The van der Waals surface area contributed by atoms with Crippen molar-refractivity contribution >= 4 is 7.82 Å². The predicted octanol–water partition coefficient (Wildman–Crippen LogP) is -0.106. The molecule has 0 saturated carbocycles. The van der Waals surface area contributed by atoms with E-state index in [-0.39, 0.29) is 37.6 Å². The molecule has 2 N–H and O–H groups in total. The Hall–Kier alpha value is 1.07. The molecule has 7 heteroatoms. The standard InChI is InChI=1S/C9H21O5P.Na.H/c1-2-3-4-5-6-7-8-9-13-14-15(10,11)12;;/h2-9H2,1H3,(H2,10,11,12);;/q;+1;-1. The molecule has 94 valence electrons. The summed E-state index contributed by atoms with van der Waals surface area (Å²) in [6.07, 6.45) is 7.90. The Morgan fingerprint density at radius 3 is 2.06 bits per heavy atom. The number of hydrogen-bond donors (Lipinski definition) is 2. The second kappa shape index (κ2) is 12.5. The summed E-state index contributed by atoms with van der Waals surface area (Å²) in [4.78, 5) is 20.9. The Kier molecular flexibility index (Phi) is 15.2. The fourth-order valence-corrected chi connectivity index (χ4v) is 1.44. The van der Waals surface area contributed by atoms with Gasteiger partial charge in [0.05, 0.1) is 6.61 Å². The van der Waals surface area contributed by atoms with Crippen LogP contribution in [-0.4, -0.2) is 16.4 Å². The molecule has 0 unspecified atom stereocenters. The average molecular weight is 264 g/mol. The monoisotopic (exact) mass is 264 g/mol. The molecule has 0 aliphatic heterocycles.